The molecule has 0 radical (unpaired) electrons. The highest BCUT2D eigenvalue weighted by Gasteiger charge is 2.33. The number of halogens is 4. The first kappa shape index (κ1) is 21.2. The Kier molecular flexibility index (Phi) is 7.26. The minimum Gasteiger partial charge on any atom is -0.352 e. The Bertz CT molecular complexity index is 740. The van der Waals surface area contributed by atoms with E-state index in [-0.39, 0.29) is 18.3 Å². The molecule has 1 aromatic heterocycles. The van der Waals surface area contributed by atoms with Crippen molar-refractivity contribution in [3.63, 3.8) is 0 Å². The molecule has 2 N–H and O–H groups in total. The first-order valence-electron chi connectivity index (χ1n) is 8.61. The average Bonchev–Trinajstić information content (AvgIpc) is 3.29. The van der Waals surface area contributed by atoms with Gasteiger partial charge in [-0.05, 0) is 55.6 Å². The van der Waals surface area contributed by atoms with E-state index < -0.39 is 11.9 Å². The summed E-state index contributed by atoms with van der Waals surface area (Å²) in [6.45, 7) is 2.41. The number of rotatable bonds is 6. The number of carbonyl (C=O) groups excluding carboxylic acids is 1. The number of benzene rings is 1. The smallest absolute Gasteiger partial charge is 0.352 e. The van der Waals surface area contributed by atoms with Crippen molar-refractivity contribution in [2.24, 2.45) is 5.92 Å². The zero-order chi connectivity index (χ0) is 18.6. The van der Waals surface area contributed by atoms with E-state index in [0.717, 1.165) is 37.6 Å². The zero-order valence-electron chi connectivity index (χ0n) is 14.6. The van der Waals surface area contributed by atoms with Gasteiger partial charge in [-0.15, -0.1) is 12.4 Å². The summed E-state index contributed by atoms with van der Waals surface area (Å²) in [6, 6.07) is 7.84. The van der Waals surface area contributed by atoms with Gasteiger partial charge >= 0.3 is 6.18 Å². The van der Waals surface area contributed by atoms with Crippen LogP contribution in [0.3, 0.4) is 0 Å². The van der Waals surface area contributed by atoms with E-state index >= 15 is 0 Å². The third kappa shape index (κ3) is 5.97. The molecule has 148 valence electrons. The monoisotopic (exact) mass is 402 g/mol. The van der Waals surface area contributed by atoms with Crippen molar-refractivity contribution in [2.45, 2.75) is 32.0 Å². The lowest BCUT2D eigenvalue weighted by atomic mass is 10.0. The second kappa shape index (κ2) is 9.23. The summed E-state index contributed by atoms with van der Waals surface area (Å²) in [5.74, 6) is 0.596. The van der Waals surface area contributed by atoms with Crippen LogP contribution in [0.2, 0.25) is 0 Å². The quantitative estimate of drug-likeness (QED) is 0.779. The summed E-state index contributed by atoms with van der Waals surface area (Å²) in [5, 5.41) is 9.69. The van der Waals surface area contributed by atoms with Crippen molar-refractivity contribution >= 4 is 18.3 Å². The van der Waals surface area contributed by atoms with E-state index in [1.54, 1.807) is 24.3 Å². The molecule has 3 rings (SSSR count). The fraction of sp³-hybridized carbons (Fsp3) is 0.444. The number of hydrogen-bond donors (Lipinski definition) is 2. The summed E-state index contributed by atoms with van der Waals surface area (Å²) in [5.41, 5.74) is 0.489. The van der Waals surface area contributed by atoms with Crippen molar-refractivity contribution in [2.75, 3.05) is 13.1 Å². The molecule has 1 atom stereocenters. The van der Waals surface area contributed by atoms with E-state index in [9.17, 15) is 18.0 Å². The van der Waals surface area contributed by atoms with Gasteiger partial charge in [0.2, 0.25) is 5.91 Å². The molecule has 1 saturated heterocycles. The van der Waals surface area contributed by atoms with E-state index in [1.807, 2.05) is 0 Å². The van der Waals surface area contributed by atoms with Gasteiger partial charge in [0.1, 0.15) is 0 Å². The van der Waals surface area contributed by atoms with Gasteiger partial charge in [0, 0.05) is 19.2 Å². The van der Waals surface area contributed by atoms with Crippen molar-refractivity contribution in [1.82, 2.24) is 20.4 Å². The molecule has 1 fully saturated rings. The molecule has 0 spiro atoms. The lowest BCUT2D eigenvalue weighted by molar-refractivity contribution is -0.141. The van der Waals surface area contributed by atoms with E-state index in [0.29, 0.717) is 24.6 Å². The third-order valence-corrected chi connectivity index (χ3v) is 4.51. The van der Waals surface area contributed by atoms with Gasteiger partial charge in [-0.2, -0.15) is 18.3 Å². The summed E-state index contributed by atoms with van der Waals surface area (Å²) < 4.78 is 39.0. The van der Waals surface area contributed by atoms with Gasteiger partial charge < -0.3 is 10.6 Å². The SMILES string of the molecule is Cl.O=C(CCC1CCNC1)NCc1ccc(-n2ccc(C(F)(F)F)n2)cc1. The summed E-state index contributed by atoms with van der Waals surface area (Å²) in [7, 11) is 0. The Balaban J connectivity index is 0.00000261. The molecule has 0 aliphatic carbocycles. The molecule has 2 heterocycles. The standard InChI is InChI=1S/C18H21F3N4O.ClH/c19-18(20,21)16-8-10-25(24-16)15-4-1-13(2-5-15)12-23-17(26)6-3-14-7-9-22-11-14;/h1-2,4-5,8,10,14,22H,3,6-7,9,11-12H2,(H,23,26);1H. The maximum Gasteiger partial charge on any atom is 0.435 e. The number of alkyl halides is 3. The van der Waals surface area contributed by atoms with Gasteiger partial charge in [0.25, 0.3) is 0 Å². The Morgan fingerprint density at radius 1 is 1.26 bits per heavy atom. The molecule has 1 aliphatic heterocycles. The van der Waals surface area contributed by atoms with E-state index in [1.165, 1.54) is 10.9 Å². The van der Waals surface area contributed by atoms with Gasteiger partial charge in [-0.25, -0.2) is 4.68 Å². The van der Waals surface area contributed by atoms with Gasteiger partial charge in [0.05, 0.1) is 5.69 Å². The highest BCUT2D eigenvalue weighted by Crippen LogP contribution is 2.27. The lowest BCUT2D eigenvalue weighted by Gasteiger charge is -2.09. The van der Waals surface area contributed by atoms with Crippen molar-refractivity contribution in [3.8, 4) is 5.69 Å². The van der Waals surface area contributed by atoms with Crippen LogP contribution in [0, 0.1) is 5.92 Å². The number of aromatic nitrogens is 2. The van der Waals surface area contributed by atoms with Crippen LogP contribution in [0.1, 0.15) is 30.5 Å². The molecule has 2 aromatic rings. The minimum atomic E-state index is -4.45. The first-order valence-corrected chi connectivity index (χ1v) is 8.61. The minimum absolute atomic E-state index is 0. The predicted molar refractivity (Wildman–Crippen MR) is 97.9 cm³/mol. The number of carbonyl (C=O) groups is 1. The molecular weight excluding hydrogens is 381 g/mol. The molecule has 1 aromatic carbocycles. The maximum atomic E-state index is 12.6. The van der Waals surface area contributed by atoms with E-state index in [4.69, 9.17) is 0 Å². The molecule has 27 heavy (non-hydrogen) atoms. The third-order valence-electron chi connectivity index (χ3n) is 4.51. The number of nitrogens with one attached hydrogen (secondary N) is 2. The second-order valence-electron chi connectivity index (χ2n) is 6.48. The van der Waals surface area contributed by atoms with Crippen LogP contribution in [-0.2, 0) is 17.5 Å². The first-order chi connectivity index (χ1) is 12.4. The maximum absolute atomic E-state index is 12.6. The van der Waals surface area contributed by atoms with Gasteiger partial charge in [0.15, 0.2) is 5.69 Å². The Labute approximate surface area is 161 Å². The van der Waals surface area contributed by atoms with Crippen molar-refractivity contribution < 1.29 is 18.0 Å². The number of hydrogen-bond acceptors (Lipinski definition) is 3. The van der Waals surface area contributed by atoms with Crippen LogP contribution >= 0.6 is 12.4 Å². The molecule has 0 bridgehead atoms. The van der Waals surface area contributed by atoms with Crippen LogP contribution in [-0.4, -0.2) is 28.8 Å². The van der Waals surface area contributed by atoms with Crippen LogP contribution in [0.5, 0.6) is 0 Å². The molecule has 0 saturated carbocycles. The Morgan fingerprint density at radius 3 is 2.59 bits per heavy atom. The summed E-state index contributed by atoms with van der Waals surface area (Å²) >= 11 is 0. The Hall–Kier alpha value is -2.06. The summed E-state index contributed by atoms with van der Waals surface area (Å²) in [6.07, 6.45) is -0.656. The molecule has 9 heteroatoms. The molecule has 1 aliphatic rings. The zero-order valence-corrected chi connectivity index (χ0v) is 15.4. The molecule has 1 unspecified atom stereocenters. The van der Waals surface area contributed by atoms with Crippen molar-refractivity contribution in [1.29, 1.82) is 0 Å². The second-order valence-corrected chi connectivity index (χ2v) is 6.48. The number of nitrogens with zero attached hydrogens (tertiary/aromatic N) is 2. The van der Waals surface area contributed by atoms with E-state index in [2.05, 4.69) is 15.7 Å². The van der Waals surface area contributed by atoms with Crippen molar-refractivity contribution in [3.05, 3.63) is 47.8 Å². The van der Waals surface area contributed by atoms with Crippen LogP contribution < -0.4 is 10.6 Å². The van der Waals surface area contributed by atoms with Crippen LogP contribution in [0.25, 0.3) is 5.69 Å². The predicted octanol–water partition coefficient (Wildman–Crippen LogP) is 3.32. The Morgan fingerprint density at radius 2 is 2.00 bits per heavy atom. The summed E-state index contributed by atoms with van der Waals surface area (Å²) in [4.78, 5) is 11.9. The highest BCUT2D eigenvalue weighted by molar-refractivity contribution is 5.85. The van der Waals surface area contributed by atoms with Crippen LogP contribution in [0.15, 0.2) is 36.5 Å². The molecular formula is C18H22ClF3N4O. The fourth-order valence-corrected chi connectivity index (χ4v) is 2.97. The average molecular weight is 403 g/mol. The molecule has 5 nitrogen and oxygen atoms in total. The largest absolute Gasteiger partial charge is 0.435 e. The molecule has 1 amide bonds. The van der Waals surface area contributed by atoms with Gasteiger partial charge in [-0.3, -0.25) is 4.79 Å². The topological polar surface area (TPSA) is 59.0 Å². The fourth-order valence-electron chi connectivity index (χ4n) is 2.97. The van der Waals surface area contributed by atoms with Gasteiger partial charge in [-0.1, -0.05) is 12.1 Å². The highest BCUT2D eigenvalue weighted by atomic mass is 35.5. The normalized spacial score (nSPS) is 16.8. The lowest BCUT2D eigenvalue weighted by Crippen LogP contribution is -2.23. The van der Waals surface area contributed by atoms with Crippen LogP contribution in [0.4, 0.5) is 13.2 Å². The number of amides is 1.